The molecule has 0 atom stereocenters. The molecule has 7 nitrogen and oxygen atoms in total. The molecule has 8 heteroatoms. The molecule has 1 saturated carbocycles. The van der Waals surface area contributed by atoms with Crippen LogP contribution in [0.15, 0.2) is 29.2 Å². The highest BCUT2D eigenvalue weighted by Gasteiger charge is 2.44. The first-order valence-corrected chi connectivity index (χ1v) is 12.4. The maximum absolute atomic E-state index is 13.4. The van der Waals surface area contributed by atoms with Crippen molar-refractivity contribution in [2.45, 2.75) is 43.4 Å². The summed E-state index contributed by atoms with van der Waals surface area (Å²) in [4.78, 5) is 15.0. The van der Waals surface area contributed by atoms with Crippen LogP contribution < -0.4 is 4.74 Å². The van der Waals surface area contributed by atoms with Crippen molar-refractivity contribution in [1.82, 2.24) is 9.21 Å². The number of nitrogens with zero attached hydrogens (tertiary/aromatic N) is 2. The lowest BCUT2D eigenvalue weighted by molar-refractivity contribution is -0.138. The molecule has 1 spiro atoms. The molecular weight excluding hydrogens is 404 g/mol. The first-order chi connectivity index (χ1) is 14.5. The molecule has 1 aromatic carbocycles. The van der Waals surface area contributed by atoms with E-state index < -0.39 is 10.0 Å². The van der Waals surface area contributed by atoms with E-state index in [4.69, 9.17) is 9.47 Å². The summed E-state index contributed by atoms with van der Waals surface area (Å²) in [7, 11) is -2.11. The van der Waals surface area contributed by atoms with E-state index in [0.717, 1.165) is 38.5 Å². The normalized spacial score (nSPS) is 24.1. The molecule has 30 heavy (non-hydrogen) atoms. The van der Waals surface area contributed by atoms with Gasteiger partial charge >= 0.3 is 0 Å². The van der Waals surface area contributed by atoms with Gasteiger partial charge in [0.25, 0.3) is 0 Å². The topological polar surface area (TPSA) is 76.2 Å². The van der Waals surface area contributed by atoms with Gasteiger partial charge in [0.15, 0.2) is 0 Å². The average Bonchev–Trinajstić information content (AvgIpc) is 3.30. The molecule has 1 saturated heterocycles. The second-order valence-corrected chi connectivity index (χ2v) is 10.8. The van der Waals surface area contributed by atoms with Crippen LogP contribution in [0.1, 0.15) is 38.5 Å². The maximum Gasteiger partial charge on any atom is 0.246 e. The molecule has 1 amide bonds. The number of carbonyl (C=O) groups is 1. The lowest BCUT2D eigenvalue weighted by Crippen LogP contribution is -2.53. The minimum Gasteiger partial charge on any atom is -0.492 e. The number of para-hydroxylation sites is 1. The van der Waals surface area contributed by atoms with E-state index >= 15 is 0 Å². The number of methoxy groups -OCH3 is 1. The first-order valence-electron chi connectivity index (χ1n) is 10.9. The second-order valence-electron chi connectivity index (χ2n) is 8.87. The van der Waals surface area contributed by atoms with E-state index in [1.807, 2.05) is 4.90 Å². The van der Waals surface area contributed by atoms with Crippen LogP contribution in [0.2, 0.25) is 0 Å². The molecule has 2 heterocycles. The molecule has 1 aromatic rings. The zero-order valence-electron chi connectivity index (χ0n) is 17.7. The highest BCUT2D eigenvalue weighted by Crippen LogP contribution is 2.40. The van der Waals surface area contributed by atoms with E-state index in [9.17, 15) is 13.2 Å². The van der Waals surface area contributed by atoms with Gasteiger partial charge < -0.3 is 14.4 Å². The summed E-state index contributed by atoms with van der Waals surface area (Å²) in [6, 6.07) is 6.84. The smallest absolute Gasteiger partial charge is 0.246 e. The first kappa shape index (κ1) is 21.6. The van der Waals surface area contributed by atoms with E-state index in [0.29, 0.717) is 45.1 Å². The van der Waals surface area contributed by atoms with Crippen molar-refractivity contribution in [1.29, 1.82) is 0 Å². The largest absolute Gasteiger partial charge is 0.492 e. The molecule has 2 fully saturated rings. The molecule has 4 rings (SSSR count). The van der Waals surface area contributed by atoms with Crippen LogP contribution in [-0.4, -0.2) is 70.0 Å². The molecule has 0 bridgehead atoms. The van der Waals surface area contributed by atoms with Gasteiger partial charge in [-0.1, -0.05) is 25.0 Å². The Hall–Kier alpha value is -1.64. The minimum absolute atomic E-state index is 0.179. The SMILES string of the molecule is COCCN1CC2(CCN(C(=O)C3CCCC3)CC2)COc2ccccc2S1(=O)=O. The van der Waals surface area contributed by atoms with Crippen LogP contribution in [0.3, 0.4) is 0 Å². The van der Waals surface area contributed by atoms with Gasteiger partial charge in [-0.3, -0.25) is 4.79 Å². The summed E-state index contributed by atoms with van der Waals surface area (Å²) in [5.74, 6) is 0.866. The fourth-order valence-corrected chi connectivity index (χ4v) is 6.65. The van der Waals surface area contributed by atoms with Gasteiger partial charge in [0.1, 0.15) is 10.6 Å². The van der Waals surface area contributed by atoms with E-state index in [1.54, 1.807) is 35.7 Å². The number of benzene rings is 1. The summed E-state index contributed by atoms with van der Waals surface area (Å²) in [5.41, 5.74) is -0.305. The van der Waals surface area contributed by atoms with Gasteiger partial charge in [0.05, 0.1) is 13.2 Å². The Morgan fingerprint density at radius 2 is 1.90 bits per heavy atom. The van der Waals surface area contributed by atoms with Crippen molar-refractivity contribution in [3.63, 3.8) is 0 Å². The van der Waals surface area contributed by atoms with Gasteiger partial charge in [0.2, 0.25) is 15.9 Å². The standard InChI is InChI=1S/C22H32N2O5S/c1-28-15-14-24-16-22(17-29-19-8-4-5-9-20(19)30(24,26)27)10-12-23(13-11-22)21(25)18-6-2-3-7-18/h4-5,8-9,18H,2-3,6-7,10-17H2,1H3. The lowest BCUT2D eigenvalue weighted by Gasteiger charge is -2.45. The van der Waals surface area contributed by atoms with Crippen LogP contribution >= 0.6 is 0 Å². The van der Waals surface area contributed by atoms with Crippen molar-refractivity contribution >= 4 is 15.9 Å². The summed E-state index contributed by atoms with van der Waals surface area (Å²) in [6.45, 7) is 2.81. The van der Waals surface area contributed by atoms with E-state index in [1.165, 1.54) is 0 Å². The van der Waals surface area contributed by atoms with Crippen LogP contribution in [0.5, 0.6) is 5.75 Å². The Bertz CT molecular complexity index is 858. The van der Waals surface area contributed by atoms with Crippen molar-refractivity contribution in [3.05, 3.63) is 24.3 Å². The number of sulfonamides is 1. The van der Waals surface area contributed by atoms with Gasteiger partial charge in [-0.25, -0.2) is 8.42 Å². The molecular formula is C22H32N2O5S. The van der Waals surface area contributed by atoms with Gasteiger partial charge in [-0.2, -0.15) is 4.31 Å². The monoisotopic (exact) mass is 436 g/mol. The Kier molecular flexibility index (Phi) is 6.36. The van der Waals surface area contributed by atoms with Crippen LogP contribution in [-0.2, 0) is 19.6 Å². The Morgan fingerprint density at radius 3 is 2.60 bits per heavy atom. The van der Waals surface area contributed by atoms with Crippen LogP contribution in [0.25, 0.3) is 0 Å². The van der Waals surface area contributed by atoms with Gasteiger partial charge in [0, 0.05) is 44.6 Å². The fraction of sp³-hybridized carbons (Fsp3) is 0.682. The third-order valence-electron chi connectivity index (χ3n) is 6.90. The number of carbonyl (C=O) groups excluding carboxylic acids is 1. The predicted molar refractivity (Wildman–Crippen MR) is 113 cm³/mol. The minimum atomic E-state index is -3.69. The Labute approximate surface area is 179 Å². The third kappa shape index (κ3) is 4.22. The number of hydrogen-bond acceptors (Lipinski definition) is 5. The molecule has 0 aromatic heterocycles. The molecule has 0 N–H and O–H groups in total. The number of hydrogen-bond donors (Lipinski definition) is 0. The molecule has 2 aliphatic heterocycles. The maximum atomic E-state index is 13.4. The second kappa shape index (κ2) is 8.85. The molecule has 0 unspecified atom stereocenters. The van der Waals surface area contributed by atoms with Crippen molar-refractivity contribution in [2.24, 2.45) is 11.3 Å². The van der Waals surface area contributed by atoms with Gasteiger partial charge in [-0.15, -0.1) is 0 Å². The predicted octanol–water partition coefficient (Wildman–Crippen LogP) is 2.52. The number of amides is 1. The van der Waals surface area contributed by atoms with E-state index in [2.05, 4.69) is 0 Å². The van der Waals surface area contributed by atoms with Crippen LogP contribution in [0, 0.1) is 11.3 Å². The lowest BCUT2D eigenvalue weighted by atomic mass is 9.78. The highest BCUT2D eigenvalue weighted by molar-refractivity contribution is 7.89. The van der Waals surface area contributed by atoms with E-state index in [-0.39, 0.29) is 22.1 Å². The Balaban J connectivity index is 1.55. The van der Waals surface area contributed by atoms with Crippen molar-refractivity contribution in [2.75, 3.05) is 46.5 Å². The van der Waals surface area contributed by atoms with Crippen molar-refractivity contribution < 1.29 is 22.7 Å². The molecule has 166 valence electrons. The number of fused-ring (bicyclic) bond motifs is 1. The molecule has 1 aliphatic carbocycles. The van der Waals surface area contributed by atoms with Crippen molar-refractivity contribution in [3.8, 4) is 5.75 Å². The van der Waals surface area contributed by atoms with Crippen LogP contribution in [0.4, 0.5) is 0 Å². The average molecular weight is 437 g/mol. The molecule has 3 aliphatic rings. The number of likely N-dealkylation sites (tertiary alicyclic amines) is 1. The fourth-order valence-electron chi connectivity index (χ4n) is 4.98. The zero-order chi connectivity index (χ0) is 21.2. The summed E-state index contributed by atoms with van der Waals surface area (Å²) in [6.07, 6.45) is 5.79. The summed E-state index contributed by atoms with van der Waals surface area (Å²) < 4.78 is 39.6. The molecule has 0 radical (unpaired) electrons. The summed E-state index contributed by atoms with van der Waals surface area (Å²) in [5, 5.41) is 0. The number of ether oxygens (including phenoxy) is 2. The summed E-state index contributed by atoms with van der Waals surface area (Å²) >= 11 is 0. The van der Waals surface area contributed by atoms with Gasteiger partial charge in [-0.05, 0) is 37.8 Å². The zero-order valence-corrected chi connectivity index (χ0v) is 18.5. The third-order valence-corrected chi connectivity index (χ3v) is 8.78. The number of piperidine rings is 1. The quantitative estimate of drug-likeness (QED) is 0.725. The Morgan fingerprint density at radius 1 is 1.20 bits per heavy atom. The number of rotatable bonds is 4. The highest BCUT2D eigenvalue weighted by atomic mass is 32.2.